The Morgan fingerprint density at radius 3 is 2.40 bits per heavy atom. The summed E-state index contributed by atoms with van der Waals surface area (Å²) in [5, 5.41) is 5.12. The molecule has 0 radical (unpaired) electrons. The summed E-state index contributed by atoms with van der Waals surface area (Å²) in [6, 6.07) is 6.65. The Kier molecular flexibility index (Phi) is 6.13. The molecule has 2 N–H and O–H groups in total. The molecule has 0 unspecified atom stereocenters. The number of hydrogen-bond acceptors (Lipinski definition) is 2. The van der Waals surface area contributed by atoms with E-state index in [0.29, 0.717) is 5.69 Å². The third-order valence-corrected chi connectivity index (χ3v) is 3.79. The van der Waals surface area contributed by atoms with Crippen molar-refractivity contribution in [1.82, 2.24) is 0 Å². The first kappa shape index (κ1) is 19.3. The van der Waals surface area contributed by atoms with E-state index in [1.165, 1.54) is 18.2 Å². The molecule has 3 nitrogen and oxygen atoms in total. The van der Waals surface area contributed by atoms with Crippen molar-refractivity contribution in [1.29, 1.82) is 0 Å². The molecule has 0 saturated heterocycles. The Morgan fingerprint density at radius 2 is 1.76 bits per heavy atom. The predicted molar refractivity (Wildman–Crippen MR) is 89.6 cm³/mol. The van der Waals surface area contributed by atoms with Gasteiger partial charge in [0, 0.05) is 18.7 Å². The van der Waals surface area contributed by atoms with Crippen LogP contribution in [-0.4, -0.2) is 12.5 Å². The van der Waals surface area contributed by atoms with Crippen LogP contribution >= 0.6 is 23.2 Å². The lowest BCUT2D eigenvalue weighted by Gasteiger charge is -2.12. The zero-order valence-electron chi connectivity index (χ0n) is 12.6. The van der Waals surface area contributed by atoms with Gasteiger partial charge in [0.05, 0.1) is 21.3 Å². The Labute approximate surface area is 150 Å². The number of anilines is 2. The van der Waals surface area contributed by atoms with Gasteiger partial charge in [-0.15, -0.1) is 0 Å². The van der Waals surface area contributed by atoms with Gasteiger partial charge in [-0.1, -0.05) is 23.2 Å². The fraction of sp³-hybridized carbons (Fsp3) is 0.188. The zero-order chi connectivity index (χ0) is 18.6. The van der Waals surface area contributed by atoms with Crippen molar-refractivity contribution in [2.75, 3.05) is 17.2 Å². The molecular formula is C16H12Cl2F4N2O. The molecule has 0 bridgehead atoms. The van der Waals surface area contributed by atoms with Crippen molar-refractivity contribution in [2.45, 2.75) is 12.6 Å². The molecule has 0 aliphatic carbocycles. The van der Waals surface area contributed by atoms with Crippen LogP contribution in [0, 0.1) is 5.82 Å². The fourth-order valence-corrected chi connectivity index (χ4v) is 2.28. The second-order valence-corrected chi connectivity index (χ2v) is 5.86. The van der Waals surface area contributed by atoms with Gasteiger partial charge in [0.15, 0.2) is 0 Å². The summed E-state index contributed by atoms with van der Waals surface area (Å²) in [5.41, 5.74) is -0.520. The maximum atomic E-state index is 13.0. The number of amides is 1. The number of alkyl halides is 3. The quantitative estimate of drug-likeness (QED) is 0.648. The van der Waals surface area contributed by atoms with Gasteiger partial charge in [-0.05, 0) is 36.4 Å². The molecule has 0 fully saturated rings. The number of hydrogen-bond donors (Lipinski definition) is 2. The Bertz CT molecular complexity index is 781. The molecule has 0 spiro atoms. The minimum Gasteiger partial charge on any atom is -0.384 e. The molecular weight excluding hydrogens is 383 g/mol. The standard InChI is InChI=1S/C16H12Cl2F4N2O/c17-11-3-1-9(16(20,21)22)7-14(11)24-15(25)5-6-23-10-2-4-13(19)12(18)8-10/h1-4,7-8,23H,5-6H2,(H,24,25). The Hall–Kier alpha value is -1.99. The summed E-state index contributed by atoms with van der Waals surface area (Å²) in [6.07, 6.45) is -4.57. The molecule has 0 atom stereocenters. The Morgan fingerprint density at radius 1 is 1.04 bits per heavy atom. The van der Waals surface area contributed by atoms with Crippen LogP contribution in [0.2, 0.25) is 10.0 Å². The van der Waals surface area contributed by atoms with Gasteiger partial charge in [-0.3, -0.25) is 4.79 Å². The molecule has 0 aromatic heterocycles. The lowest BCUT2D eigenvalue weighted by molar-refractivity contribution is -0.137. The molecule has 0 saturated carbocycles. The van der Waals surface area contributed by atoms with Crippen molar-refractivity contribution >= 4 is 40.5 Å². The predicted octanol–water partition coefficient (Wildman–Crippen LogP) is 5.59. The number of halogens is 6. The number of carbonyl (C=O) groups is 1. The summed E-state index contributed by atoms with van der Waals surface area (Å²) >= 11 is 11.4. The summed E-state index contributed by atoms with van der Waals surface area (Å²) < 4.78 is 51.1. The van der Waals surface area contributed by atoms with E-state index < -0.39 is 23.5 Å². The van der Waals surface area contributed by atoms with Gasteiger partial charge in [0.2, 0.25) is 5.91 Å². The van der Waals surface area contributed by atoms with E-state index in [9.17, 15) is 22.4 Å². The number of rotatable bonds is 5. The van der Waals surface area contributed by atoms with Crippen LogP contribution in [-0.2, 0) is 11.0 Å². The highest BCUT2D eigenvalue weighted by molar-refractivity contribution is 6.33. The van der Waals surface area contributed by atoms with Gasteiger partial charge in [-0.2, -0.15) is 13.2 Å². The third-order valence-electron chi connectivity index (χ3n) is 3.17. The van der Waals surface area contributed by atoms with Gasteiger partial charge in [0.1, 0.15) is 5.82 Å². The second-order valence-electron chi connectivity index (χ2n) is 5.05. The minimum atomic E-state index is -4.53. The van der Waals surface area contributed by atoms with Crippen molar-refractivity contribution in [2.24, 2.45) is 0 Å². The SMILES string of the molecule is O=C(CCNc1ccc(F)c(Cl)c1)Nc1cc(C(F)(F)F)ccc1Cl. The van der Waals surface area contributed by atoms with Crippen LogP contribution in [0.25, 0.3) is 0 Å². The average Bonchev–Trinajstić information content (AvgIpc) is 2.52. The molecule has 2 rings (SSSR count). The molecule has 1 amide bonds. The van der Waals surface area contributed by atoms with Crippen molar-refractivity contribution in [3.63, 3.8) is 0 Å². The van der Waals surface area contributed by atoms with Gasteiger partial charge in [0.25, 0.3) is 0 Å². The van der Waals surface area contributed by atoms with Crippen LogP contribution < -0.4 is 10.6 Å². The molecule has 0 heterocycles. The van der Waals surface area contributed by atoms with E-state index in [-0.39, 0.29) is 28.7 Å². The van der Waals surface area contributed by atoms with Crippen LogP contribution in [0.15, 0.2) is 36.4 Å². The first-order valence-corrected chi connectivity index (χ1v) is 7.78. The summed E-state index contributed by atoms with van der Waals surface area (Å²) in [5.74, 6) is -1.09. The number of carbonyl (C=O) groups excluding carboxylic acids is 1. The first-order chi connectivity index (χ1) is 11.7. The largest absolute Gasteiger partial charge is 0.416 e. The van der Waals surface area contributed by atoms with Gasteiger partial charge < -0.3 is 10.6 Å². The molecule has 2 aromatic carbocycles. The highest BCUT2D eigenvalue weighted by atomic mass is 35.5. The van der Waals surface area contributed by atoms with Crippen LogP contribution in [0.1, 0.15) is 12.0 Å². The Balaban J connectivity index is 1.93. The molecule has 0 aliphatic heterocycles. The highest BCUT2D eigenvalue weighted by Gasteiger charge is 2.31. The van der Waals surface area contributed by atoms with Gasteiger partial charge in [-0.25, -0.2) is 4.39 Å². The average molecular weight is 395 g/mol. The first-order valence-electron chi connectivity index (χ1n) is 7.02. The van der Waals surface area contributed by atoms with E-state index >= 15 is 0 Å². The molecule has 134 valence electrons. The summed E-state index contributed by atoms with van der Waals surface area (Å²) in [4.78, 5) is 11.9. The summed E-state index contributed by atoms with van der Waals surface area (Å²) in [7, 11) is 0. The van der Waals surface area contributed by atoms with Crippen LogP contribution in [0.5, 0.6) is 0 Å². The highest BCUT2D eigenvalue weighted by Crippen LogP contribution is 2.33. The molecule has 0 aliphatic rings. The second kappa shape index (κ2) is 7.93. The lowest BCUT2D eigenvalue weighted by Crippen LogP contribution is -2.17. The van der Waals surface area contributed by atoms with E-state index in [2.05, 4.69) is 10.6 Å². The monoisotopic (exact) mass is 394 g/mol. The van der Waals surface area contributed by atoms with Crippen LogP contribution in [0.3, 0.4) is 0 Å². The zero-order valence-corrected chi connectivity index (χ0v) is 14.1. The number of benzene rings is 2. The normalized spacial score (nSPS) is 11.3. The van der Waals surface area contributed by atoms with Crippen molar-refractivity contribution in [3.8, 4) is 0 Å². The van der Waals surface area contributed by atoms with Crippen molar-refractivity contribution < 1.29 is 22.4 Å². The van der Waals surface area contributed by atoms with Crippen molar-refractivity contribution in [3.05, 3.63) is 57.8 Å². The topological polar surface area (TPSA) is 41.1 Å². The van der Waals surface area contributed by atoms with E-state index in [1.54, 1.807) is 0 Å². The van der Waals surface area contributed by atoms with E-state index in [4.69, 9.17) is 23.2 Å². The fourth-order valence-electron chi connectivity index (χ4n) is 1.94. The van der Waals surface area contributed by atoms with E-state index in [1.807, 2.05) is 0 Å². The minimum absolute atomic E-state index is 0.000347. The maximum absolute atomic E-state index is 13.0. The lowest BCUT2D eigenvalue weighted by atomic mass is 10.2. The molecule has 9 heteroatoms. The third kappa shape index (κ3) is 5.51. The van der Waals surface area contributed by atoms with Crippen LogP contribution in [0.4, 0.5) is 28.9 Å². The maximum Gasteiger partial charge on any atom is 0.416 e. The number of nitrogens with one attached hydrogen (secondary N) is 2. The smallest absolute Gasteiger partial charge is 0.384 e. The van der Waals surface area contributed by atoms with E-state index in [0.717, 1.165) is 18.2 Å². The van der Waals surface area contributed by atoms with Gasteiger partial charge >= 0.3 is 6.18 Å². The summed E-state index contributed by atoms with van der Waals surface area (Å²) in [6.45, 7) is 0.171. The molecule has 25 heavy (non-hydrogen) atoms. The molecule has 2 aromatic rings.